The summed E-state index contributed by atoms with van der Waals surface area (Å²) in [6, 6.07) is 0. The lowest BCUT2D eigenvalue weighted by Gasteiger charge is -2.29. The quantitative estimate of drug-likeness (QED) is 0.704. The SMILES string of the molecule is CC(CNCC(C)(C)N)C(C)(C)C. The maximum atomic E-state index is 5.87. The Labute approximate surface area is 83.3 Å². The van der Waals surface area contributed by atoms with Gasteiger partial charge in [0.2, 0.25) is 0 Å². The molecule has 0 heterocycles. The van der Waals surface area contributed by atoms with E-state index in [0.29, 0.717) is 11.3 Å². The molecule has 0 aromatic rings. The van der Waals surface area contributed by atoms with Crippen LogP contribution in [0.2, 0.25) is 0 Å². The Bertz CT molecular complexity index is 139. The molecule has 1 atom stereocenters. The molecule has 0 aromatic heterocycles. The molecule has 0 aliphatic carbocycles. The normalized spacial score (nSPS) is 15.9. The summed E-state index contributed by atoms with van der Waals surface area (Å²) in [7, 11) is 0. The molecule has 0 rings (SSSR count). The smallest absolute Gasteiger partial charge is 0.0223 e. The third-order valence-electron chi connectivity index (χ3n) is 2.51. The van der Waals surface area contributed by atoms with E-state index in [2.05, 4.69) is 33.0 Å². The fraction of sp³-hybridized carbons (Fsp3) is 1.00. The molecule has 2 heteroatoms. The minimum absolute atomic E-state index is 0.0996. The predicted molar refractivity (Wildman–Crippen MR) is 59.8 cm³/mol. The van der Waals surface area contributed by atoms with Gasteiger partial charge < -0.3 is 11.1 Å². The van der Waals surface area contributed by atoms with Crippen LogP contribution in [0.3, 0.4) is 0 Å². The molecule has 0 fully saturated rings. The molecular weight excluding hydrogens is 160 g/mol. The maximum Gasteiger partial charge on any atom is 0.0223 e. The number of hydrogen-bond acceptors (Lipinski definition) is 2. The first kappa shape index (κ1) is 12.9. The van der Waals surface area contributed by atoms with Crippen molar-refractivity contribution in [3.63, 3.8) is 0 Å². The van der Waals surface area contributed by atoms with Crippen LogP contribution in [-0.4, -0.2) is 18.6 Å². The van der Waals surface area contributed by atoms with Gasteiger partial charge in [-0.15, -0.1) is 0 Å². The fourth-order valence-corrected chi connectivity index (χ4v) is 0.917. The highest BCUT2D eigenvalue weighted by Crippen LogP contribution is 2.24. The van der Waals surface area contributed by atoms with Crippen LogP contribution < -0.4 is 11.1 Å². The van der Waals surface area contributed by atoms with Gasteiger partial charge >= 0.3 is 0 Å². The van der Waals surface area contributed by atoms with E-state index < -0.39 is 0 Å². The third-order valence-corrected chi connectivity index (χ3v) is 2.51. The van der Waals surface area contributed by atoms with E-state index in [1.807, 2.05) is 13.8 Å². The Morgan fingerprint density at radius 1 is 1.15 bits per heavy atom. The Kier molecular flexibility index (Phi) is 4.40. The van der Waals surface area contributed by atoms with E-state index in [9.17, 15) is 0 Å². The summed E-state index contributed by atoms with van der Waals surface area (Å²) in [6.45, 7) is 15.1. The summed E-state index contributed by atoms with van der Waals surface area (Å²) < 4.78 is 0. The summed E-state index contributed by atoms with van der Waals surface area (Å²) in [4.78, 5) is 0. The van der Waals surface area contributed by atoms with Gasteiger partial charge in [-0.3, -0.25) is 0 Å². The van der Waals surface area contributed by atoms with Crippen molar-refractivity contribution < 1.29 is 0 Å². The van der Waals surface area contributed by atoms with Crippen LogP contribution in [0.5, 0.6) is 0 Å². The fourth-order valence-electron chi connectivity index (χ4n) is 0.917. The molecule has 3 N–H and O–H groups in total. The van der Waals surface area contributed by atoms with Crippen molar-refractivity contribution in [3.05, 3.63) is 0 Å². The molecule has 1 unspecified atom stereocenters. The van der Waals surface area contributed by atoms with Gasteiger partial charge in [-0.2, -0.15) is 0 Å². The number of hydrogen-bond donors (Lipinski definition) is 2. The zero-order valence-corrected chi connectivity index (χ0v) is 10.1. The molecule has 2 nitrogen and oxygen atoms in total. The zero-order valence-electron chi connectivity index (χ0n) is 10.1. The van der Waals surface area contributed by atoms with Gasteiger partial charge in [-0.25, -0.2) is 0 Å². The second kappa shape index (κ2) is 4.43. The average molecular weight is 186 g/mol. The van der Waals surface area contributed by atoms with E-state index in [1.54, 1.807) is 0 Å². The van der Waals surface area contributed by atoms with E-state index in [0.717, 1.165) is 13.1 Å². The van der Waals surface area contributed by atoms with Gasteiger partial charge in [-0.1, -0.05) is 27.7 Å². The molecule has 0 saturated heterocycles. The maximum absolute atomic E-state index is 5.87. The Morgan fingerprint density at radius 2 is 1.62 bits per heavy atom. The van der Waals surface area contributed by atoms with Crippen molar-refractivity contribution in [2.75, 3.05) is 13.1 Å². The van der Waals surface area contributed by atoms with Crippen molar-refractivity contribution in [2.24, 2.45) is 17.1 Å². The first-order valence-electron chi connectivity index (χ1n) is 5.12. The number of nitrogens with two attached hydrogens (primary N) is 1. The van der Waals surface area contributed by atoms with Gasteiger partial charge in [0.05, 0.1) is 0 Å². The number of nitrogens with one attached hydrogen (secondary N) is 1. The summed E-state index contributed by atoms with van der Waals surface area (Å²) in [5.41, 5.74) is 6.15. The summed E-state index contributed by atoms with van der Waals surface area (Å²) >= 11 is 0. The molecule has 0 amide bonds. The molecule has 0 aliphatic heterocycles. The van der Waals surface area contributed by atoms with Gasteiger partial charge in [0.1, 0.15) is 0 Å². The highest BCUT2D eigenvalue weighted by molar-refractivity contribution is 4.77. The number of rotatable bonds is 4. The Morgan fingerprint density at radius 3 is 1.92 bits per heavy atom. The second-order valence-corrected chi connectivity index (χ2v) is 5.89. The highest BCUT2D eigenvalue weighted by atomic mass is 14.9. The molecular formula is C11H26N2. The van der Waals surface area contributed by atoms with Crippen LogP contribution in [0.4, 0.5) is 0 Å². The van der Waals surface area contributed by atoms with Crippen LogP contribution in [0, 0.1) is 11.3 Å². The summed E-state index contributed by atoms with van der Waals surface area (Å²) in [5.74, 6) is 0.676. The highest BCUT2D eigenvalue weighted by Gasteiger charge is 2.20. The Hall–Kier alpha value is -0.0800. The van der Waals surface area contributed by atoms with Crippen LogP contribution in [0.25, 0.3) is 0 Å². The van der Waals surface area contributed by atoms with Gasteiger partial charge in [0, 0.05) is 12.1 Å². The lowest BCUT2D eigenvalue weighted by atomic mass is 9.82. The van der Waals surface area contributed by atoms with E-state index >= 15 is 0 Å². The van der Waals surface area contributed by atoms with E-state index in [1.165, 1.54) is 0 Å². The van der Waals surface area contributed by atoms with Crippen molar-refractivity contribution in [1.29, 1.82) is 0 Å². The van der Waals surface area contributed by atoms with E-state index in [4.69, 9.17) is 5.73 Å². The zero-order chi connectivity index (χ0) is 10.7. The third kappa shape index (κ3) is 7.03. The summed E-state index contributed by atoms with van der Waals surface area (Å²) in [5, 5.41) is 3.41. The monoisotopic (exact) mass is 186 g/mol. The average Bonchev–Trinajstić information content (AvgIpc) is 1.82. The van der Waals surface area contributed by atoms with E-state index in [-0.39, 0.29) is 5.54 Å². The van der Waals surface area contributed by atoms with Gasteiger partial charge in [0.15, 0.2) is 0 Å². The lowest BCUT2D eigenvalue weighted by Crippen LogP contribution is -2.45. The van der Waals surface area contributed by atoms with Crippen molar-refractivity contribution in [2.45, 2.75) is 47.1 Å². The predicted octanol–water partition coefficient (Wildman–Crippen LogP) is 2.00. The van der Waals surface area contributed by atoms with Crippen molar-refractivity contribution in [1.82, 2.24) is 5.32 Å². The first-order valence-corrected chi connectivity index (χ1v) is 5.12. The lowest BCUT2D eigenvalue weighted by molar-refractivity contribution is 0.248. The van der Waals surface area contributed by atoms with Crippen LogP contribution in [0.1, 0.15) is 41.5 Å². The van der Waals surface area contributed by atoms with Crippen molar-refractivity contribution in [3.8, 4) is 0 Å². The Balaban J connectivity index is 3.67. The molecule has 0 saturated carbocycles. The van der Waals surface area contributed by atoms with Gasteiger partial charge in [0.25, 0.3) is 0 Å². The molecule has 0 spiro atoms. The molecule has 0 bridgehead atoms. The summed E-state index contributed by atoms with van der Waals surface area (Å²) in [6.07, 6.45) is 0. The first-order chi connectivity index (χ1) is 5.63. The minimum Gasteiger partial charge on any atom is -0.324 e. The standard InChI is InChI=1S/C11H26N2/c1-9(10(2,3)4)7-13-8-11(5,6)12/h9,13H,7-8,12H2,1-6H3. The minimum atomic E-state index is -0.0996. The molecule has 0 aliphatic rings. The van der Waals surface area contributed by atoms with Crippen LogP contribution in [0.15, 0.2) is 0 Å². The van der Waals surface area contributed by atoms with Crippen LogP contribution in [-0.2, 0) is 0 Å². The topological polar surface area (TPSA) is 38.0 Å². The van der Waals surface area contributed by atoms with Crippen molar-refractivity contribution >= 4 is 0 Å². The molecule has 80 valence electrons. The molecule has 0 aromatic carbocycles. The van der Waals surface area contributed by atoms with Crippen LogP contribution >= 0.6 is 0 Å². The van der Waals surface area contributed by atoms with Gasteiger partial charge in [-0.05, 0) is 31.7 Å². The molecule has 0 radical (unpaired) electrons. The molecule has 13 heavy (non-hydrogen) atoms. The second-order valence-electron chi connectivity index (χ2n) is 5.89. The largest absolute Gasteiger partial charge is 0.324 e.